The molecule has 0 spiro atoms. The minimum absolute atomic E-state index is 0.119. The fourth-order valence-corrected chi connectivity index (χ4v) is 5.32. The molecule has 12 heteroatoms. The largest absolute Gasteiger partial charge is 0.395 e. The van der Waals surface area contributed by atoms with Crippen molar-refractivity contribution in [2.45, 2.75) is 13.3 Å². The van der Waals surface area contributed by atoms with Gasteiger partial charge in [-0.3, -0.25) is 14.3 Å². The molecule has 200 valence electrons. The molecule has 1 amide bonds. The molecule has 0 unspecified atom stereocenters. The summed E-state index contributed by atoms with van der Waals surface area (Å²) in [6.07, 6.45) is 0.723. The van der Waals surface area contributed by atoms with Gasteiger partial charge in [0, 0.05) is 59.3 Å². The van der Waals surface area contributed by atoms with Crippen molar-refractivity contribution in [1.29, 1.82) is 0 Å². The summed E-state index contributed by atoms with van der Waals surface area (Å²) in [5.41, 5.74) is 3.06. The average molecular weight is 520 g/mol. The number of imidazole rings is 2. The first kappa shape index (κ1) is 24.7. The summed E-state index contributed by atoms with van der Waals surface area (Å²) in [6.45, 7) is 8.03. The molecule has 2 saturated heterocycles. The smallest absolute Gasteiger partial charge is 0.290 e. The van der Waals surface area contributed by atoms with Crippen LogP contribution in [0.25, 0.3) is 28.1 Å². The first-order chi connectivity index (χ1) is 18.6. The fraction of sp³-hybridized carbons (Fsp3) is 0.500. The summed E-state index contributed by atoms with van der Waals surface area (Å²) in [4.78, 5) is 39.4. The summed E-state index contributed by atoms with van der Waals surface area (Å²) in [7, 11) is 1.84. The number of aryl methyl sites for hydroxylation is 2. The number of morpholine rings is 1. The maximum Gasteiger partial charge on any atom is 0.290 e. The van der Waals surface area contributed by atoms with Crippen molar-refractivity contribution >= 4 is 33.9 Å². The van der Waals surface area contributed by atoms with Crippen molar-refractivity contribution in [3.8, 4) is 5.95 Å². The van der Waals surface area contributed by atoms with Gasteiger partial charge in [-0.15, -0.1) is 0 Å². The minimum Gasteiger partial charge on any atom is -0.395 e. The van der Waals surface area contributed by atoms with Gasteiger partial charge in [-0.25, -0.2) is 9.97 Å². The van der Waals surface area contributed by atoms with Crippen LogP contribution >= 0.6 is 0 Å². The summed E-state index contributed by atoms with van der Waals surface area (Å²) in [6, 6.07) is 7.99. The third kappa shape index (κ3) is 4.28. The topological polar surface area (TPSA) is 118 Å². The number of fused-ring (bicyclic) bond motifs is 2. The van der Waals surface area contributed by atoms with E-state index in [9.17, 15) is 9.90 Å². The lowest BCUT2D eigenvalue weighted by atomic mass is 10.3. The monoisotopic (exact) mass is 519 g/mol. The Morgan fingerprint density at radius 2 is 1.76 bits per heavy atom. The van der Waals surface area contributed by atoms with Gasteiger partial charge in [0.15, 0.2) is 17.0 Å². The number of aliphatic hydroxyl groups is 1. The maximum atomic E-state index is 13.6. The van der Waals surface area contributed by atoms with E-state index in [4.69, 9.17) is 24.7 Å². The number of ether oxygens (including phenoxy) is 1. The lowest BCUT2D eigenvalue weighted by Crippen LogP contribution is -2.49. The number of nitrogens with zero attached hydrogens (tertiary/aromatic N) is 9. The summed E-state index contributed by atoms with van der Waals surface area (Å²) in [5.74, 6) is 2.33. The molecular weight excluding hydrogens is 486 g/mol. The predicted molar refractivity (Wildman–Crippen MR) is 143 cm³/mol. The number of hydrogen-bond donors (Lipinski definition) is 1. The Morgan fingerprint density at radius 3 is 2.50 bits per heavy atom. The molecule has 12 nitrogen and oxygen atoms in total. The molecule has 2 fully saturated rings. The van der Waals surface area contributed by atoms with Gasteiger partial charge in [-0.1, -0.05) is 19.1 Å². The summed E-state index contributed by atoms with van der Waals surface area (Å²) >= 11 is 0. The van der Waals surface area contributed by atoms with Crippen molar-refractivity contribution in [1.82, 2.24) is 38.9 Å². The van der Waals surface area contributed by atoms with Crippen LogP contribution < -0.4 is 4.90 Å². The number of rotatable bonds is 6. The maximum absolute atomic E-state index is 13.6. The zero-order valence-corrected chi connectivity index (χ0v) is 21.9. The van der Waals surface area contributed by atoms with E-state index in [1.54, 1.807) is 4.57 Å². The molecule has 0 aliphatic carbocycles. The Morgan fingerprint density at radius 1 is 1.00 bits per heavy atom. The van der Waals surface area contributed by atoms with Gasteiger partial charge in [-0.2, -0.15) is 9.97 Å². The first-order valence-electron chi connectivity index (χ1n) is 13.3. The van der Waals surface area contributed by atoms with Crippen LogP contribution in [0.2, 0.25) is 0 Å². The van der Waals surface area contributed by atoms with Gasteiger partial charge < -0.3 is 24.2 Å². The second-order valence-electron chi connectivity index (χ2n) is 9.68. The van der Waals surface area contributed by atoms with Crippen LogP contribution in [0, 0.1) is 0 Å². The van der Waals surface area contributed by atoms with E-state index in [0.29, 0.717) is 74.7 Å². The number of amides is 1. The molecule has 38 heavy (non-hydrogen) atoms. The summed E-state index contributed by atoms with van der Waals surface area (Å²) < 4.78 is 9.39. The van der Waals surface area contributed by atoms with E-state index in [0.717, 1.165) is 36.4 Å². The number of benzene rings is 1. The highest BCUT2D eigenvalue weighted by atomic mass is 16.5. The third-order valence-electron chi connectivity index (χ3n) is 7.41. The molecule has 1 N–H and O–H groups in total. The number of para-hydroxylation sites is 2. The van der Waals surface area contributed by atoms with Crippen LogP contribution in [0.5, 0.6) is 0 Å². The number of carbonyl (C=O) groups is 1. The zero-order chi connectivity index (χ0) is 26.2. The van der Waals surface area contributed by atoms with E-state index in [-0.39, 0.29) is 12.5 Å². The van der Waals surface area contributed by atoms with Crippen molar-refractivity contribution in [3.63, 3.8) is 0 Å². The number of aromatic nitrogens is 6. The standard InChI is InChI=1S/C26H33N9O3/c1-3-20-27-18-6-4-5-7-19(18)35(20)26-29-22-21(23(30-26)33-13-16-38-17-14-33)28-24(31(22)2)25(37)34-10-8-32(9-11-34)12-15-36/h4-7,36H,3,8-17H2,1-2H3. The molecule has 1 aromatic carbocycles. The minimum atomic E-state index is -0.119. The van der Waals surface area contributed by atoms with Gasteiger partial charge >= 0.3 is 0 Å². The Hall–Kier alpha value is -3.61. The highest BCUT2D eigenvalue weighted by Gasteiger charge is 2.29. The van der Waals surface area contributed by atoms with E-state index < -0.39 is 0 Å². The summed E-state index contributed by atoms with van der Waals surface area (Å²) in [5, 5.41) is 9.24. The Bertz CT molecular complexity index is 1470. The molecular formula is C26H33N9O3. The molecule has 4 aromatic rings. The van der Waals surface area contributed by atoms with Crippen LogP contribution in [-0.2, 0) is 18.2 Å². The number of β-amino-alcohol motifs (C(OH)–C–C–N with tert-alkyl or cyclic N) is 1. The zero-order valence-electron chi connectivity index (χ0n) is 21.9. The van der Waals surface area contributed by atoms with Crippen LogP contribution in [0.4, 0.5) is 5.82 Å². The molecule has 6 rings (SSSR count). The van der Waals surface area contributed by atoms with Gasteiger partial charge in [0.05, 0.1) is 30.9 Å². The second kappa shape index (κ2) is 10.3. The predicted octanol–water partition coefficient (Wildman–Crippen LogP) is 0.851. The van der Waals surface area contributed by atoms with E-state index in [1.807, 2.05) is 40.8 Å². The van der Waals surface area contributed by atoms with E-state index in [1.165, 1.54) is 0 Å². The molecule has 0 bridgehead atoms. The lowest BCUT2D eigenvalue weighted by molar-refractivity contribution is 0.0600. The lowest BCUT2D eigenvalue weighted by Gasteiger charge is -2.34. The van der Waals surface area contributed by atoms with Crippen molar-refractivity contribution < 1.29 is 14.6 Å². The Balaban J connectivity index is 1.46. The van der Waals surface area contributed by atoms with E-state index in [2.05, 4.69) is 16.7 Å². The highest BCUT2D eigenvalue weighted by Crippen LogP contribution is 2.29. The average Bonchev–Trinajstić information content (AvgIpc) is 3.51. The Kier molecular flexibility index (Phi) is 6.68. The van der Waals surface area contributed by atoms with Crippen LogP contribution in [-0.4, -0.2) is 116 Å². The molecule has 2 aliphatic heterocycles. The van der Waals surface area contributed by atoms with Crippen molar-refractivity contribution in [2.24, 2.45) is 7.05 Å². The van der Waals surface area contributed by atoms with Gasteiger partial charge in [0.25, 0.3) is 5.91 Å². The number of piperazine rings is 1. The van der Waals surface area contributed by atoms with Crippen molar-refractivity contribution in [3.05, 3.63) is 35.9 Å². The van der Waals surface area contributed by atoms with Crippen LogP contribution in [0.3, 0.4) is 0 Å². The normalized spacial score (nSPS) is 17.1. The fourth-order valence-electron chi connectivity index (χ4n) is 5.32. The van der Waals surface area contributed by atoms with Crippen LogP contribution in [0.1, 0.15) is 23.4 Å². The quantitative estimate of drug-likeness (QED) is 0.396. The number of hydrogen-bond acceptors (Lipinski definition) is 9. The number of aliphatic hydroxyl groups excluding tert-OH is 1. The Labute approximate surface area is 220 Å². The van der Waals surface area contributed by atoms with Gasteiger partial charge in [0.1, 0.15) is 5.82 Å². The number of anilines is 1. The second-order valence-corrected chi connectivity index (χ2v) is 9.68. The molecule has 0 atom stereocenters. The number of carbonyl (C=O) groups excluding carboxylic acids is 1. The third-order valence-corrected chi connectivity index (χ3v) is 7.41. The van der Waals surface area contributed by atoms with Crippen molar-refractivity contribution in [2.75, 3.05) is 70.5 Å². The molecule has 2 aliphatic rings. The van der Waals surface area contributed by atoms with E-state index >= 15 is 0 Å². The van der Waals surface area contributed by atoms with Gasteiger partial charge in [-0.05, 0) is 12.1 Å². The van der Waals surface area contributed by atoms with Crippen LogP contribution in [0.15, 0.2) is 24.3 Å². The highest BCUT2D eigenvalue weighted by molar-refractivity contribution is 5.96. The molecule has 5 heterocycles. The molecule has 0 saturated carbocycles. The first-order valence-corrected chi connectivity index (χ1v) is 13.3. The molecule has 0 radical (unpaired) electrons. The SMILES string of the molecule is CCc1nc2ccccc2n1-c1nc(N2CCOCC2)c2nc(C(=O)N3CCN(CCO)CC3)n(C)c2n1. The van der Waals surface area contributed by atoms with Gasteiger partial charge in [0.2, 0.25) is 11.8 Å². The molecule has 3 aromatic heterocycles.